The molecular weight excluding hydrogens is 212 g/mol. The summed E-state index contributed by atoms with van der Waals surface area (Å²) in [6.07, 6.45) is 0.491. The summed E-state index contributed by atoms with van der Waals surface area (Å²) >= 11 is 1.58. The lowest BCUT2D eigenvalue weighted by Gasteiger charge is -2.35. The van der Waals surface area contributed by atoms with Gasteiger partial charge in [-0.05, 0) is 13.8 Å². The Morgan fingerprint density at radius 2 is 2.20 bits per heavy atom. The van der Waals surface area contributed by atoms with Gasteiger partial charge in [0.2, 0.25) is 0 Å². The van der Waals surface area contributed by atoms with Crippen LogP contribution >= 0.6 is 11.3 Å². The number of hydrogen-bond acceptors (Lipinski definition) is 5. The molecule has 1 fully saturated rings. The van der Waals surface area contributed by atoms with Gasteiger partial charge in [-0.2, -0.15) is 0 Å². The van der Waals surface area contributed by atoms with Crippen LogP contribution in [0.5, 0.6) is 0 Å². The Labute approximate surface area is 93.5 Å². The van der Waals surface area contributed by atoms with Crippen LogP contribution in [0.1, 0.15) is 19.5 Å². The maximum absolute atomic E-state index is 8.95. The SMILES string of the molecule is C[C@@H]1CN(c2nc(CO)cs2)C[C@H](C)O1. The van der Waals surface area contributed by atoms with Gasteiger partial charge in [0.1, 0.15) is 0 Å². The Bertz CT molecular complexity index is 319. The van der Waals surface area contributed by atoms with Crippen LogP contribution in [0.3, 0.4) is 0 Å². The molecule has 2 rings (SSSR count). The summed E-state index contributed by atoms with van der Waals surface area (Å²) in [6.45, 7) is 5.92. The van der Waals surface area contributed by atoms with E-state index < -0.39 is 0 Å². The van der Waals surface area contributed by atoms with Gasteiger partial charge in [0, 0.05) is 18.5 Å². The number of aliphatic hydroxyl groups excluding tert-OH is 1. The summed E-state index contributed by atoms with van der Waals surface area (Å²) in [6, 6.07) is 0. The Balaban J connectivity index is 2.09. The van der Waals surface area contributed by atoms with E-state index in [0.29, 0.717) is 0 Å². The van der Waals surface area contributed by atoms with Crippen LogP contribution in [0, 0.1) is 0 Å². The van der Waals surface area contributed by atoms with Gasteiger partial charge in [0.15, 0.2) is 5.13 Å². The van der Waals surface area contributed by atoms with Crippen molar-refractivity contribution in [2.75, 3.05) is 18.0 Å². The lowest BCUT2D eigenvalue weighted by molar-refractivity contribution is -0.00523. The highest BCUT2D eigenvalue weighted by atomic mass is 32.1. The molecule has 4 nitrogen and oxygen atoms in total. The molecule has 1 saturated heterocycles. The minimum absolute atomic E-state index is 0.0198. The van der Waals surface area contributed by atoms with Crippen LogP contribution in [0.25, 0.3) is 0 Å². The Hall–Kier alpha value is -0.650. The van der Waals surface area contributed by atoms with Gasteiger partial charge in [0.25, 0.3) is 0 Å². The van der Waals surface area contributed by atoms with Crippen LogP contribution in [0.2, 0.25) is 0 Å². The summed E-state index contributed by atoms with van der Waals surface area (Å²) < 4.78 is 5.66. The van der Waals surface area contributed by atoms with Crippen molar-refractivity contribution < 1.29 is 9.84 Å². The molecule has 1 N–H and O–H groups in total. The zero-order valence-electron chi connectivity index (χ0n) is 9.01. The molecule has 1 aliphatic rings. The third-order valence-corrected chi connectivity index (χ3v) is 3.34. The number of aromatic nitrogens is 1. The molecule has 1 aromatic heterocycles. The van der Waals surface area contributed by atoms with E-state index in [2.05, 4.69) is 23.7 Å². The van der Waals surface area contributed by atoms with E-state index in [9.17, 15) is 0 Å². The fourth-order valence-corrected chi connectivity index (χ4v) is 2.69. The molecule has 2 atom stereocenters. The number of hydrogen-bond donors (Lipinski definition) is 1. The van der Waals surface area contributed by atoms with Crippen molar-refractivity contribution in [3.8, 4) is 0 Å². The van der Waals surface area contributed by atoms with Crippen LogP contribution in [-0.4, -0.2) is 35.4 Å². The molecule has 0 bridgehead atoms. The van der Waals surface area contributed by atoms with Gasteiger partial charge in [0.05, 0.1) is 24.5 Å². The quantitative estimate of drug-likeness (QED) is 0.827. The molecule has 84 valence electrons. The van der Waals surface area contributed by atoms with Gasteiger partial charge >= 0.3 is 0 Å². The molecule has 5 heteroatoms. The third-order valence-electron chi connectivity index (χ3n) is 2.39. The number of aliphatic hydroxyl groups is 1. The summed E-state index contributed by atoms with van der Waals surface area (Å²) in [5, 5.41) is 11.8. The van der Waals surface area contributed by atoms with Gasteiger partial charge in [-0.15, -0.1) is 11.3 Å². The van der Waals surface area contributed by atoms with Crippen molar-refractivity contribution in [2.24, 2.45) is 0 Å². The smallest absolute Gasteiger partial charge is 0.185 e. The van der Waals surface area contributed by atoms with E-state index in [1.165, 1.54) is 0 Å². The van der Waals surface area contributed by atoms with E-state index in [1.54, 1.807) is 11.3 Å². The number of rotatable bonds is 2. The number of anilines is 1. The molecule has 0 amide bonds. The molecule has 1 aromatic rings. The first-order valence-electron chi connectivity index (χ1n) is 5.14. The van der Waals surface area contributed by atoms with Crippen LogP contribution < -0.4 is 4.90 Å². The van der Waals surface area contributed by atoms with Crippen LogP contribution in [0.15, 0.2) is 5.38 Å². The molecule has 2 heterocycles. The largest absolute Gasteiger partial charge is 0.390 e. The normalized spacial score (nSPS) is 27.0. The maximum Gasteiger partial charge on any atom is 0.185 e. The van der Waals surface area contributed by atoms with E-state index >= 15 is 0 Å². The van der Waals surface area contributed by atoms with Crippen molar-refractivity contribution >= 4 is 16.5 Å². The number of ether oxygens (including phenoxy) is 1. The first kappa shape index (κ1) is 10.9. The molecule has 1 aliphatic heterocycles. The first-order chi connectivity index (χ1) is 7.19. The molecular formula is C10H16N2O2S. The van der Waals surface area contributed by atoms with E-state index in [4.69, 9.17) is 9.84 Å². The minimum Gasteiger partial charge on any atom is -0.390 e. The average molecular weight is 228 g/mol. The number of nitrogens with zero attached hydrogens (tertiary/aromatic N) is 2. The number of morpholine rings is 1. The molecule has 0 saturated carbocycles. The molecule has 0 radical (unpaired) electrons. The van der Waals surface area contributed by atoms with Crippen LogP contribution in [-0.2, 0) is 11.3 Å². The maximum atomic E-state index is 8.95. The van der Waals surface area contributed by atoms with E-state index in [1.807, 2.05) is 5.38 Å². The topological polar surface area (TPSA) is 45.6 Å². The Morgan fingerprint density at radius 1 is 1.53 bits per heavy atom. The molecule has 0 spiro atoms. The van der Waals surface area contributed by atoms with Crippen molar-refractivity contribution in [2.45, 2.75) is 32.7 Å². The third kappa shape index (κ3) is 2.48. The highest BCUT2D eigenvalue weighted by Crippen LogP contribution is 2.24. The highest BCUT2D eigenvalue weighted by Gasteiger charge is 2.23. The van der Waals surface area contributed by atoms with E-state index in [-0.39, 0.29) is 18.8 Å². The molecule has 0 unspecified atom stereocenters. The van der Waals surface area contributed by atoms with Crippen molar-refractivity contribution in [3.05, 3.63) is 11.1 Å². The fourth-order valence-electron chi connectivity index (χ4n) is 1.85. The summed E-state index contributed by atoms with van der Waals surface area (Å²) in [5.41, 5.74) is 0.752. The summed E-state index contributed by atoms with van der Waals surface area (Å²) in [5.74, 6) is 0. The number of thiazole rings is 1. The standard InChI is InChI=1S/C10H16N2O2S/c1-7-3-12(4-8(2)14-7)10-11-9(5-13)6-15-10/h6-8,13H,3-5H2,1-2H3/t7-,8+. The van der Waals surface area contributed by atoms with E-state index in [0.717, 1.165) is 23.9 Å². The monoisotopic (exact) mass is 228 g/mol. The highest BCUT2D eigenvalue weighted by molar-refractivity contribution is 7.13. The fraction of sp³-hybridized carbons (Fsp3) is 0.700. The lowest BCUT2D eigenvalue weighted by Crippen LogP contribution is -2.45. The second-order valence-corrected chi connectivity index (χ2v) is 4.78. The zero-order chi connectivity index (χ0) is 10.8. The summed E-state index contributed by atoms with van der Waals surface area (Å²) in [7, 11) is 0. The minimum atomic E-state index is 0.0198. The van der Waals surface area contributed by atoms with Crippen LogP contribution in [0.4, 0.5) is 5.13 Å². The first-order valence-corrected chi connectivity index (χ1v) is 6.02. The van der Waals surface area contributed by atoms with Crippen molar-refractivity contribution in [1.29, 1.82) is 0 Å². The average Bonchev–Trinajstić information content (AvgIpc) is 2.64. The zero-order valence-corrected chi connectivity index (χ0v) is 9.83. The Kier molecular flexibility index (Phi) is 3.23. The van der Waals surface area contributed by atoms with Crippen molar-refractivity contribution in [1.82, 2.24) is 4.98 Å². The summed E-state index contributed by atoms with van der Waals surface area (Å²) in [4.78, 5) is 6.59. The van der Waals surface area contributed by atoms with Gasteiger partial charge in [-0.25, -0.2) is 4.98 Å². The van der Waals surface area contributed by atoms with Gasteiger partial charge < -0.3 is 14.7 Å². The molecule has 15 heavy (non-hydrogen) atoms. The second kappa shape index (κ2) is 4.47. The van der Waals surface area contributed by atoms with Crippen molar-refractivity contribution in [3.63, 3.8) is 0 Å². The van der Waals surface area contributed by atoms with Gasteiger partial charge in [-0.3, -0.25) is 0 Å². The predicted molar refractivity (Wildman–Crippen MR) is 60.3 cm³/mol. The molecule has 0 aliphatic carbocycles. The molecule has 0 aromatic carbocycles. The lowest BCUT2D eigenvalue weighted by atomic mass is 10.2. The Morgan fingerprint density at radius 3 is 2.73 bits per heavy atom. The second-order valence-electron chi connectivity index (χ2n) is 3.94. The predicted octanol–water partition coefficient (Wildman–Crippen LogP) is 1.25. The van der Waals surface area contributed by atoms with Gasteiger partial charge in [-0.1, -0.05) is 0 Å².